The Morgan fingerprint density at radius 2 is 2.29 bits per heavy atom. The van der Waals surface area contributed by atoms with Crippen molar-refractivity contribution in [3.05, 3.63) is 47.3 Å². The molecule has 0 spiro atoms. The molecule has 1 aliphatic heterocycles. The summed E-state index contributed by atoms with van der Waals surface area (Å²) in [5, 5.41) is 8.43. The van der Waals surface area contributed by atoms with Gasteiger partial charge in [0.25, 0.3) is 0 Å². The molecular formula is C18H22ClN5. The van der Waals surface area contributed by atoms with Crippen LogP contribution in [0.15, 0.2) is 51.7 Å². The van der Waals surface area contributed by atoms with E-state index < -0.39 is 0 Å². The van der Waals surface area contributed by atoms with Crippen molar-refractivity contribution in [1.29, 1.82) is 0 Å². The highest BCUT2D eigenvalue weighted by molar-refractivity contribution is 6.47. The number of para-hydroxylation sites is 1. The predicted octanol–water partition coefficient (Wildman–Crippen LogP) is 3.04. The van der Waals surface area contributed by atoms with Crippen LogP contribution in [0.2, 0.25) is 0 Å². The molecule has 3 rings (SSSR count). The number of nitrogens with zero attached hydrogens (tertiary/aromatic N) is 2. The van der Waals surface area contributed by atoms with E-state index in [0.717, 1.165) is 35.3 Å². The fourth-order valence-electron chi connectivity index (χ4n) is 2.98. The average Bonchev–Trinajstić information content (AvgIpc) is 3.04. The Morgan fingerprint density at radius 1 is 1.42 bits per heavy atom. The Labute approximate surface area is 146 Å². The lowest BCUT2D eigenvalue weighted by molar-refractivity contribution is 0.395. The number of fused-ring (bicyclic) bond motifs is 1. The number of halogens is 1. The molecule has 2 heterocycles. The van der Waals surface area contributed by atoms with E-state index in [9.17, 15) is 0 Å². The number of allylic oxidation sites excluding steroid dienone is 1. The smallest absolute Gasteiger partial charge is 0.0895 e. The van der Waals surface area contributed by atoms with Crippen molar-refractivity contribution in [3.8, 4) is 0 Å². The van der Waals surface area contributed by atoms with Gasteiger partial charge in [-0.1, -0.05) is 29.8 Å². The fraction of sp³-hybridized carbons (Fsp3) is 0.333. The van der Waals surface area contributed by atoms with Crippen LogP contribution < -0.4 is 10.6 Å². The van der Waals surface area contributed by atoms with E-state index in [2.05, 4.69) is 33.4 Å². The van der Waals surface area contributed by atoms with Gasteiger partial charge in [0.2, 0.25) is 0 Å². The molecule has 24 heavy (non-hydrogen) atoms. The number of aromatic nitrogens is 1. The van der Waals surface area contributed by atoms with Crippen LogP contribution in [-0.4, -0.2) is 43.2 Å². The minimum absolute atomic E-state index is 0.451. The maximum absolute atomic E-state index is 6.40. The molecule has 1 aliphatic rings. The second-order valence-electron chi connectivity index (χ2n) is 5.82. The van der Waals surface area contributed by atoms with Gasteiger partial charge >= 0.3 is 0 Å². The number of piperidine rings is 1. The molecule has 1 saturated heterocycles. The zero-order valence-electron chi connectivity index (χ0n) is 13.6. The minimum atomic E-state index is 0.451. The Morgan fingerprint density at radius 3 is 3.08 bits per heavy atom. The van der Waals surface area contributed by atoms with Gasteiger partial charge in [-0.25, -0.2) is 0 Å². The highest BCUT2D eigenvalue weighted by atomic mass is 35.5. The summed E-state index contributed by atoms with van der Waals surface area (Å²) in [6.45, 7) is 6.08. The second-order valence-corrected chi connectivity index (χ2v) is 6.23. The van der Waals surface area contributed by atoms with E-state index in [1.165, 1.54) is 19.0 Å². The van der Waals surface area contributed by atoms with Crippen molar-refractivity contribution in [3.63, 3.8) is 0 Å². The Hall–Kier alpha value is -1.95. The average molecular weight is 344 g/mol. The zero-order valence-corrected chi connectivity index (χ0v) is 14.3. The van der Waals surface area contributed by atoms with E-state index in [0.29, 0.717) is 17.7 Å². The largest absolute Gasteiger partial charge is 0.360 e. The third-order valence-corrected chi connectivity index (χ3v) is 4.47. The third-order valence-electron chi connectivity index (χ3n) is 4.19. The molecule has 3 N–H and O–H groups in total. The first-order valence-corrected chi connectivity index (χ1v) is 8.54. The molecule has 0 aliphatic carbocycles. The van der Waals surface area contributed by atoms with Gasteiger partial charge in [-0.3, -0.25) is 15.3 Å². The summed E-state index contributed by atoms with van der Waals surface area (Å²) in [5.41, 5.74) is 2.75. The van der Waals surface area contributed by atoms with Gasteiger partial charge in [0.05, 0.1) is 17.4 Å². The maximum Gasteiger partial charge on any atom is 0.0895 e. The lowest BCUT2D eigenvalue weighted by Crippen LogP contribution is -2.43. The van der Waals surface area contributed by atoms with Crippen LogP contribution in [-0.2, 0) is 0 Å². The van der Waals surface area contributed by atoms with Crippen molar-refractivity contribution in [2.45, 2.75) is 18.9 Å². The first-order chi connectivity index (χ1) is 11.8. The number of hydrogen-bond acceptors (Lipinski definition) is 4. The summed E-state index contributed by atoms with van der Waals surface area (Å²) < 4.78 is 0. The Bertz CT molecular complexity index is 756. The normalized spacial score (nSPS) is 19.6. The van der Waals surface area contributed by atoms with Crippen LogP contribution in [0.4, 0.5) is 0 Å². The van der Waals surface area contributed by atoms with Gasteiger partial charge in [0, 0.05) is 41.4 Å². The number of benzene rings is 1. The van der Waals surface area contributed by atoms with E-state index in [-0.39, 0.29) is 0 Å². The van der Waals surface area contributed by atoms with Crippen molar-refractivity contribution in [2.24, 2.45) is 9.98 Å². The Balaban J connectivity index is 1.84. The first-order valence-electron chi connectivity index (χ1n) is 8.16. The molecule has 2 aromatic rings. The number of aliphatic imine (C=N–C) groups is 2. The molecule has 6 heteroatoms. The van der Waals surface area contributed by atoms with Crippen molar-refractivity contribution in [1.82, 2.24) is 15.6 Å². The van der Waals surface area contributed by atoms with Gasteiger partial charge in [-0.2, -0.15) is 0 Å². The maximum atomic E-state index is 6.40. The van der Waals surface area contributed by atoms with E-state index in [1.54, 1.807) is 0 Å². The van der Waals surface area contributed by atoms with Crippen molar-refractivity contribution < 1.29 is 0 Å². The summed E-state index contributed by atoms with van der Waals surface area (Å²) in [7, 11) is 0. The van der Waals surface area contributed by atoms with Crippen LogP contribution >= 0.6 is 11.6 Å². The highest BCUT2D eigenvalue weighted by Crippen LogP contribution is 2.23. The summed E-state index contributed by atoms with van der Waals surface area (Å²) in [5.74, 6) is 0. The molecule has 0 amide bonds. The van der Waals surface area contributed by atoms with Gasteiger partial charge in [0.15, 0.2) is 0 Å². The molecule has 0 bridgehead atoms. The molecule has 1 atom stereocenters. The molecule has 0 radical (unpaired) electrons. The molecule has 1 unspecified atom stereocenters. The summed E-state index contributed by atoms with van der Waals surface area (Å²) in [6, 6.07) is 8.55. The van der Waals surface area contributed by atoms with E-state index in [4.69, 9.17) is 16.6 Å². The first kappa shape index (κ1) is 16.9. The number of H-pyrrole nitrogens is 1. The van der Waals surface area contributed by atoms with Crippen LogP contribution in [0.25, 0.3) is 10.9 Å². The number of rotatable bonds is 6. The van der Waals surface area contributed by atoms with Crippen molar-refractivity contribution in [2.75, 3.05) is 19.8 Å². The molecule has 0 saturated carbocycles. The van der Waals surface area contributed by atoms with Crippen molar-refractivity contribution >= 4 is 34.9 Å². The highest BCUT2D eigenvalue weighted by Gasteiger charge is 2.15. The van der Waals surface area contributed by atoms with Crippen LogP contribution in [0, 0.1) is 0 Å². The molecule has 1 fully saturated rings. The minimum Gasteiger partial charge on any atom is -0.360 e. The zero-order chi connectivity index (χ0) is 16.8. The number of hydrogen-bond donors (Lipinski definition) is 3. The van der Waals surface area contributed by atoms with Crippen LogP contribution in [0.1, 0.15) is 18.4 Å². The lowest BCUT2D eigenvalue weighted by Gasteiger charge is -2.23. The SMILES string of the molecule is C=N/C=C(/Cl)C(=NCNC1CCCNC1)c1c[nH]c2ccccc12. The third kappa shape index (κ3) is 3.93. The van der Waals surface area contributed by atoms with Crippen LogP contribution in [0.5, 0.6) is 0 Å². The fourth-order valence-corrected chi connectivity index (χ4v) is 3.21. The molecule has 5 nitrogen and oxygen atoms in total. The summed E-state index contributed by atoms with van der Waals surface area (Å²) in [6.07, 6.45) is 5.83. The summed E-state index contributed by atoms with van der Waals surface area (Å²) >= 11 is 6.40. The second kappa shape index (κ2) is 8.24. The number of aromatic amines is 1. The predicted molar refractivity (Wildman–Crippen MR) is 102 cm³/mol. The monoisotopic (exact) mass is 343 g/mol. The lowest BCUT2D eigenvalue weighted by atomic mass is 10.1. The van der Waals surface area contributed by atoms with Gasteiger partial charge in [-0.15, -0.1) is 0 Å². The Kier molecular flexibility index (Phi) is 5.80. The molecule has 126 valence electrons. The van der Waals surface area contributed by atoms with Gasteiger partial charge < -0.3 is 10.3 Å². The number of nitrogens with one attached hydrogen (secondary N) is 3. The van der Waals surface area contributed by atoms with Gasteiger partial charge in [-0.05, 0) is 32.2 Å². The van der Waals surface area contributed by atoms with E-state index >= 15 is 0 Å². The molecule has 1 aromatic carbocycles. The quantitative estimate of drug-likeness (QED) is 0.706. The summed E-state index contributed by atoms with van der Waals surface area (Å²) in [4.78, 5) is 11.7. The van der Waals surface area contributed by atoms with Gasteiger partial charge in [0.1, 0.15) is 0 Å². The topological polar surface area (TPSA) is 64.6 Å². The van der Waals surface area contributed by atoms with E-state index in [1.807, 2.05) is 24.4 Å². The molecular weight excluding hydrogens is 322 g/mol. The standard InChI is InChI=1S/C18H22ClN5/c1-20-11-16(19)18(24-12-23-13-5-4-8-21-9-13)15-10-22-17-7-3-2-6-14(15)17/h2-3,6-7,10-11,13,21-23H,1,4-5,8-9,12H2/b16-11+,24-18?. The van der Waals surface area contributed by atoms with Crippen LogP contribution in [0.3, 0.4) is 0 Å². The molecule has 1 aromatic heterocycles.